The third kappa shape index (κ3) is 3.88. The third-order valence-electron chi connectivity index (χ3n) is 10.2. The van der Waals surface area contributed by atoms with E-state index in [9.17, 15) is 24.3 Å². The van der Waals surface area contributed by atoms with Gasteiger partial charge in [0.15, 0.2) is 26.8 Å². The molecule has 2 aliphatic carbocycles. The van der Waals surface area contributed by atoms with Crippen LogP contribution in [0, 0.1) is 17.8 Å². The molecule has 1 N–H and O–H groups in total. The molecule has 6 atom stereocenters. The molecule has 8 rings (SSSR count). The Hall–Kier alpha value is -4.67. The summed E-state index contributed by atoms with van der Waals surface area (Å²) < 4.78 is 11.2. The van der Waals surface area contributed by atoms with Gasteiger partial charge in [-0.25, -0.2) is 4.98 Å². The van der Waals surface area contributed by atoms with Crippen LogP contribution in [0.1, 0.15) is 24.3 Å². The third-order valence-corrected chi connectivity index (χ3v) is 11.6. The highest BCUT2D eigenvalue weighted by Gasteiger charge is 2.75. The summed E-state index contributed by atoms with van der Waals surface area (Å²) in [4.78, 5) is 58.5. The van der Waals surface area contributed by atoms with E-state index in [0.717, 1.165) is 4.90 Å². The molecule has 3 aromatic carbocycles. The maximum Gasteiger partial charge on any atom is 0.253 e. The van der Waals surface area contributed by atoms with E-state index in [0.29, 0.717) is 39.4 Å². The normalized spacial score (nSPS) is 30.0. The molecule has 238 valence electrons. The number of alkyl halides is 2. The number of phenolic OH excluding ortho intramolecular Hbond substituents is 1. The number of nitrogens with zero attached hydrogens (tertiary/aromatic N) is 3. The second-order valence-electron chi connectivity index (χ2n) is 12.5. The fraction of sp³-hybridized carbons (Fsp3) is 0.286. The number of aromatic hydroxyl groups is 1. The molecule has 12 heteroatoms. The number of hydrogen-bond acceptors (Lipinski definition) is 8. The molecule has 0 spiro atoms. The zero-order valence-electron chi connectivity index (χ0n) is 25.1. The van der Waals surface area contributed by atoms with Crippen LogP contribution in [0.25, 0.3) is 22.6 Å². The Morgan fingerprint density at radius 1 is 0.957 bits per heavy atom. The number of halogens is 2. The minimum atomic E-state index is -1.93. The second-order valence-corrected chi connectivity index (χ2v) is 13.7. The number of allylic oxidation sites excluding steroid dienone is 2. The molecule has 3 fully saturated rings. The molecular formula is C35H27Cl2N3O7. The molecule has 1 saturated carbocycles. The highest BCUT2D eigenvalue weighted by atomic mass is 35.5. The molecule has 47 heavy (non-hydrogen) atoms. The Kier molecular flexibility index (Phi) is 6.43. The number of amides is 4. The first-order valence-electron chi connectivity index (χ1n) is 15.1. The Bertz CT molecular complexity index is 2040. The van der Waals surface area contributed by atoms with Crippen molar-refractivity contribution in [2.75, 3.05) is 19.1 Å². The van der Waals surface area contributed by atoms with E-state index < -0.39 is 51.1 Å². The summed E-state index contributed by atoms with van der Waals surface area (Å²) in [5.41, 5.74) is 3.57. The summed E-state index contributed by atoms with van der Waals surface area (Å²) in [5.74, 6) is -4.84. The van der Waals surface area contributed by atoms with Crippen molar-refractivity contribution in [2.24, 2.45) is 17.8 Å². The highest BCUT2D eigenvalue weighted by Crippen LogP contribution is 2.65. The lowest BCUT2D eigenvalue weighted by molar-refractivity contribution is -0.138. The summed E-state index contributed by atoms with van der Waals surface area (Å²) in [7, 11) is 2.73. The molecule has 2 aliphatic heterocycles. The number of para-hydroxylation sites is 2. The molecule has 4 aliphatic rings. The van der Waals surface area contributed by atoms with Crippen LogP contribution in [0.5, 0.6) is 11.5 Å². The maximum atomic E-state index is 14.3. The topological polar surface area (TPSA) is 130 Å². The lowest BCUT2D eigenvalue weighted by atomic mass is 9.56. The molecular weight excluding hydrogens is 645 g/mol. The predicted molar refractivity (Wildman–Crippen MR) is 172 cm³/mol. The number of ether oxygens (including phenoxy) is 1. The molecule has 10 nitrogen and oxygen atoms in total. The monoisotopic (exact) mass is 671 g/mol. The average molecular weight is 673 g/mol. The Morgan fingerprint density at radius 3 is 2.43 bits per heavy atom. The molecule has 1 aromatic heterocycles. The predicted octanol–water partition coefficient (Wildman–Crippen LogP) is 5.40. The maximum absolute atomic E-state index is 14.3. The number of aromatic nitrogens is 1. The van der Waals surface area contributed by atoms with Crippen LogP contribution in [0.2, 0.25) is 0 Å². The Morgan fingerprint density at radius 2 is 1.70 bits per heavy atom. The van der Waals surface area contributed by atoms with Crippen molar-refractivity contribution in [2.45, 2.75) is 28.5 Å². The number of imide groups is 2. The first-order chi connectivity index (χ1) is 22.5. The van der Waals surface area contributed by atoms with Crippen LogP contribution in [0.15, 0.2) is 82.8 Å². The molecule has 4 aromatic rings. The smallest absolute Gasteiger partial charge is 0.253 e. The van der Waals surface area contributed by atoms with Crippen LogP contribution < -0.4 is 9.64 Å². The lowest BCUT2D eigenvalue weighted by Crippen LogP contribution is -2.60. The summed E-state index contributed by atoms with van der Waals surface area (Å²) in [6, 6.07) is 18.8. The van der Waals surface area contributed by atoms with Crippen LogP contribution in [0.4, 0.5) is 5.69 Å². The van der Waals surface area contributed by atoms with E-state index in [-0.39, 0.29) is 30.2 Å². The quantitative estimate of drug-likeness (QED) is 0.173. The average Bonchev–Trinajstić information content (AvgIpc) is 3.66. The minimum absolute atomic E-state index is 0.116. The van der Waals surface area contributed by atoms with Gasteiger partial charge in [-0.1, -0.05) is 29.8 Å². The van der Waals surface area contributed by atoms with Crippen LogP contribution in [-0.2, 0) is 19.2 Å². The molecule has 2 saturated heterocycles. The van der Waals surface area contributed by atoms with Crippen molar-refractivity contribution in [1.29, 1.82) is 0 Å². The number of carbonyl (C=O) groups is 4. The van der Waals surface area contributed by atoms with Gasteiger partial charge in [0, 0.05) is 18.5 Å². The zero-order valence-corrected chi connectivity index (χ0v) is 26.7. The van der Waals surface area contributed by atoms with Crippen LogP contribution in [0.3, 0.4) is 0 Å². The lowest BCUT2D eigenvalue weighted by Gasteiger charge is -2.50. The van der Waals surface area contributed by atoms with E-state index in [1.165, 1.54) is 25.1 Å². The van der Waals surface area contributed by atoms with E-state index in [4.69, 9.17) is 32.4 Å². The molecule has 4 amide bonds. The number of fused-ring (bicyclic) bond motifs is 5. The minimum Gasteiger partial charge on any atom is -0.504 e. The largest absolute Gasteiger partial charge is 0.504 e. The summed E-state index contributed by atoms with van der Waals surface area (Å²) >= 11 is 14.4. The molecule has 3 heterocycles. The number of anilines is 1. The number of oxazole rings is 1. The Labute approximate surface area is 278 Å². The van der Waals surface area contributed by atoms with Gasteiger partial charge < -0.3 is 14.3 Å². The fourth-order valence-electron chi connectivity index (χ4n) is 7.99. The molecule has 0 unspecified atom stereocenters. The SMILES string of the molecule is COc1cc([C@H]2C3=CC[C@@H]4C(=O)N(c5ccc(-c6nc7ccccc7o6)cc5)C(=O)[C@@H]4[C@@H]3C[C@@]3(Cl)C(=O)N(C)C(=O)[C@@]23Cl)ccc1O. The standard InChI is InChI=1S/C35H27Cl2N3O7/c1-39-32(44)34(36)16-22-20(28(35(34,37)33(39)45)18-9-14-24(41)26(15-18)46-2)12-13-21-27(22)31(43)40(30(21)42)19-10-7-17(8-11-19)29-38-23-5-3-4-6-25(23)47-29/h3-12,14-15,21-22,27-28,41H,13,16H2,1-2H3/t21-,22+,27-,28-,34+,35-/m0/s1. The number of benzene rings is 3. The number of phenols is 1. The zero-order chi connectivity index (χ0) is 33.0. The van der Waals surface area contributed by atoms with Crippen molar-refractivity contribution < 1.29 is 33.4 Å². The van der Waals surface area contributed by atoms with Crippen LogP contribution >= 0.6 is 23.2 Å². The van der Waals surface area contributed by atoms with Crippen molar-refractivity contribution >= 4 is 63.6 Å². The van der Waals surface area contributed by atoms with Gasteiger partial charge >= 0.3 is 0 Å². The first kappa shape index (κ1) is 29.7. The number of hydrogen-bond donors (Lipinski definition) is 1. The van der Waals surface area contributed by atoms with E-state index >= 15 is 0 Å². The van der Waals surface area contributed by atoms with Gasteiger partial charge in [0.25, 0.3) is 11.8 Å². The van der Waals surface area contributed by atoms with Gasteiger partial charge in [-0.05, 0) is 72.9 Å². The number of rotatable bonds is 4. The van der Waals surface area contributed by atoms with Gasteiger partial charge in [0.1, 0.15) is 5.52 Å². The van der Waals surface area contributed by atoms with Gasteiger partial charge in [-0.15, -0.1) is 23.2 Å². The molecule has 0 radical (unpaired) electrons. The first-order valence-corrected chi connectivity index (χ1v) is 15.9. The Balaban J connectivity index is 1.18. The van der Waals surface area contributed by atoms with Crippen molar-refractivity contribution in [1.82, 2.24) is 9.88 Å². The number of carbonyl (C=O) groups excluding carboxylic acids is 4. The van der Waals surface area contributed by atoms with Crippen molar-refractivity contribution in [3.05, 3.63) is 83.9 Å². The van der Waals surface area contributed by atoms with Gasteiger partial charge in [-0.3, -0.25) is 29.0 Å². The van der Waals surface area contributed by atoms with E-state index in [1.54, 1.807) is 36.4 Å². The number of likely N-dealkylation sites (tertiary alicyclic amines) is 1. The van der Waals surface area contributed by atoms with Gasteiger partial charge in [0.2, 0.25) is 17.7 Å². The molecule has 0 bridgehead atoms. The van der Waals surface area contributed by atoms with E-state index in [1.807, 2.05) is 30.3 Å². The summed E-state index contributed by atoms with van der Waals surface area (Å²) in [6.45, 7) is 0. The summed E-state index contributed by atoms with van der Waals surface area (Å²) in [6.07, 6.45) is 1.97. The van der Waals surface area contributed by atoms with Crippen molar-refractivity contribution in [3.63, 3.8) is 0 Å². The second kappa shape index (κ2) is 10.2. The van der Waals surface area contributed by atoms with E-state index in [2.05, 4.69) is 4.98 Å². The van der Waals surface area contributed by atoms with Crippen molar-refractivity contribution in [3.8, 4) is 23.0 Å². The van der Waals surface area contributed by atoms with Crippen LogP contribution in [-0.4, -0.2) is 62.5 Å². The summed E-state index contributed by atoms with van der Waals surface area (Å²) in [5, 5.41) is 10.3. The fourth-order valence-corrected chi connectivity index (χ4v) is 9.01. The van der Waals surface area contributed by atoms with Gasteiger partial charge in [0.05, 0.1) is 24.6 Å². The van der Waals surface area contributed by atoms with Gasteiger partial charge in [-0.2, -0.15) is 0 Å². The number of methoxy groups -OCH3 is 1. The highest BCUT2D eigenvalue weighted by molar-refractivity contribution is 6.53.